The van der Waals surface area contributed by atoms with Gasteiger partial charge in [-0.25, -0.2) is 0 Å². The predicted octanol–water partition coefficient (Wildman–Crippen LogP) is 4.11. The lowest BCUT2D eigenvalue weighted by molar-refractivity contribution is 0.516. The number of benzene rings is 1. The number of alkyl halides is 1. The third-order valence-electron chi connectivity index (χ3n) is 3.20. The molecule has 0 saturated carbocycles. The Morgan fingerprint density at radius 3 is 2.32 bits per heavy atom. The van der Waals surface area contributed by atoms with Gasteiger partial charge in [-0.05, 0) is 30.9 Å². The van der Waals surface area contributed by atoms with Gasteiger partial charge in [-0.1, -0.05) is 48.0 Å². The molecule has 19 heavy (non-hydrogen) atoms. The van der Waals surface area contributed by atoms with Gasteiger partial charge in [0.15, 0.2) is 5.82 Å². The van der Waals surface area contributed by atoms with Crippen molar-refractivity contribution in [1.29, 1.82) is 0 Å². The first kappa shape index (κ1) is 14.3. The number of hydrogen-bond acceptors (Lipinski definition) is 2. The molecule has 2 rings (SSSR count). The topological polar surface area (TPSA) is 30.7 Å². The molecule has 0 saturated heterocycles. The summed E-state index contributed by atoms with van der Waals surface area (Å²) >= 11 is 3.50. The van der Waals surface area contributed by atoms with Crippen LogP contribution < -0.4 is 0 Å². The largest absolute Gasteiger partial charge is 0.310 e. The fraction of sp³-hybridized carbons (Fsp3) is 0.467. The highest BCUT2D eigenvalue weighted by atomic mass is 79.9. The molecule has 0 fully saturated rings. The van der Waals surface area contributed by atoms with Gasteiger partial charge < -0.3 is 4.57 Å². The van der Waals surface area contributed by atoms with E-state index >= 15 is 0 Å². The van der Waals surface area contributed by atoms with E-state index in [0.717, 1.165) is 23.5 Å². The minimum atomic E-state index is 0.567. The van der Waals surface area contributed by atoms with Crippen LogP contribution in [0.4, 0.5) is 0 Å². The average molecular weight is 322 g/mol. The Labute approximate surface area is 123 Å². The van der Waals surface area contributed by atoms with Crippen LogP contribution in [0.3, 0.4) is 0 Å². The molecule has 3 nitrogen and oxygen atoms in total. The maximum Gasteiger partial charge on any atom is 0.164 e. The summed E-state index contributed by atoms with van der Waals surface area (Å²) in [7, 11) is 0. The molecule has 0 bridgehead atoms. The smallest absolute Gasteiger partial charge is 0.164 e. The molecule has 1 heterocycles. The van der Waals surface area contributed by atoms with Gasteiger partial charge in [0, 0.05) is 12.1 Å². The molecule has 1 aromatic carbocycles. The Morgan fingerprint density at radius 1 is 1.16 bits per heavy atom. The number of hydrogen-bond donors (Lipinski definition) is 0. The maximum absolute atomic E-state index is 4.41. The summed E-state index contributed by atoms with van der Waals surface area (Å²) in [5.41, 5.74) is 3.71. The Hall–Kier alpha value is -1.16. The minimum absolute atomic E-state index is 0.567. The zero-order chi connectivity index (χ0) is 14.0. The van der Waals surface area contributed by atoms with Crippen molar-refractivity contribution >= 4 is 15.9 Å². The number of rotatable bonds is 4. The highest BCUT2D eigenvalue weighted by Gasteiger charge is 2.17. The molecule has 2 aromatic rings. The molecule has 1 aromatic heterocycles. The van der Waals surface area contributed by atoms with Gasteiger partial charge in [0.1, 0.15) is 5.82 Å². The molecule has 0 spiro atoms. The van der Waals surface area contributed by atoms with Crippen LogP contribution in [0.1, 0.15) is 30.8 Å². The Morgan fingerprint density at radius 2 is 1.79 bits per heavy atom. The third kappa shape index (κ3) is 2.89. The van der Waals surface area contributed by atoms with Crippen LogP contribution in [-0.4, -0.2) is 14.8 Å². The zero-order valence-electron chi connectivity index (χ0n) is 11.9. The highest BCUT2D eigenvalue weighted by molar-refractivity contribution is 9.08. The van der Waals surface area contributed by atoms with E-state index in [4.69, 9.17) is 0 Å². The van der Waals surface area contributed by atoms with E-state index in [0.29, 0.717) is 5.92 Å². The van der Waals surface area contributed by atoms with Gasteiger partial charge in [0.2, 0.25) is 0 Å². The fourth-order valence-electron chi connectivity index (χ4n) is 2.34. The van der Waals surface area contributed by atoms with Crippen LogP contribution in [0.2, 0.25) is 0 Å². The van der Waals surface area contributed by atoms with E-state index in [1.807, 2.05) is 0 Å². The van der Waals surface area contributed by atoms with Gasteiger partial charge in [-0.3, -0.25) is 0 Å². The molecular weight excluding hydrogens is 302 g/mol. The predicted molar refractivity (Wildman–Crippen MR) is 82.4 cm³/mol. The molecule has 4 heteroatoms. The Kier molecular flexibility index (Phi) is 4.40. The second kappa shape index (κ2) is 5.87. The van der Waals surface area contributed by atoms with Crippen molar-refractivity contribution in [3.63, 3.8) is 0 Å². The molecule has 0 amide bonds. The lowest BCUT2D eigenvalue weighted by Gasteiger charge is -2.14. The van der Waals surface area contributed by atoms with Crippen LogP contribution in [0.15, 0.2) is 18.2 Å². The lowest BCUT2D eigenvalue weighted by atomic mass is 10.0. The molecule has 0 aliphatic carbocycles. The summed E-state index contributed by atoms with van der Waals surface area (Å²) in [6.07, 6.45) is 0. The first-order valence-electron chi connectivity index (χ1n) is 6.59. The molecule has 0 N–H and O–H groups in total. The quantitative estimate of drug-likeness (QED) is 0.793. The Bertz CT molecular complexity index is 553. The number of halogens is 1. The molecule has 0 unspecified atom stereocenters. The monoisotopic (exact) mass is 321 g/mol. The lowest BCUT2D eigenvalue weighted by Crippen LogP contribution is -2.10. The molecular formula is C15H20BrN3. The third-order valence-corrected chi connectivity index (χ3v) is 3.70. The number of nitrogens with zero attached hydrogens (tertiary/aromatic N) is 3. The van der Waals surface area contributed by atoms with Crippen molar-refractivity contribution in [2.24, 2.45) is 5.92 Å². The van der Waals surface area contributed by atoms with Crippen molar-refractivity contribution in [2.75, 3.05) is 0 Å². The van der Waals surface area contributed by atoms with Crippen LogP contribution in [0.5, 0.6) is 0 Å². The highest BCUT2D eigenvalue weighted by Crippen LogP contribution is 2.27. The average Bonchev–Trinajstić information content (AvgIpc) is 2.71. The van der Waals surface area contributed by atoms with Crippen LogP contribution in [0, 0.1) is 19.8 Å². The Balaban J connectivity index is 2.59. The van der Waals surface area contributed by atoms with Gasteiger partial charge in [-0.15, -0.1) is 10.2 Å². The summed E-state index contributed by atoms with van der Waals surface area (Å²) in [4.78, 5) is 0. The van der Waals surface area contributed by atoms with E-state index in [9.17, 15) is 0 Å². The molecule has 0 aliphatic heterocycles. The fourth-order valence-corrected chi connectivity index (χ4v) is 2.76. The molecule has 0 aliphatic rings. The van der Waals surface area contributed by atoms with Gasteiger partial charge in [0.05, 0.1) is 5.33 Å². The SMILES string of the molecule is Cc1cccc(C)c1-c1nnc(CBr)n1CC(C)C. The van der Waals surface area contributed by atoms with Gasteiger partial charge >= 0.3 is 0 Å². The summed E-state index contributed by atoms with van der Waals surface area (Å²) in [6, 6.07) is 6.35. The standard InChI is InChI=1S/C15H20BrN3/c1-10(2)9-19-13(8-16)17-18-15(19)14-11(3)6-5-7-12(14)4/h5-7,10H,8-9H2,1-4H3. The van der Waals surface area contributed by atoms with E-state index in [1.54, 1.807) is 0 Å². The van der Waals surface area contributed by atoms with E-state index in [1.165, 1.54) is 16.7 Å². The molecule has 0 atom stereocenters. The minimum Gasteiger partial charge on any atom is -0.310 e. The first-order valence-corrected chi connectivity index (χ1v) is 7.71. The summed E-state index contributed by atoms with van der Waals surface area (Å²) in [5, 5.41) is 9.46. The number of aryl methyl sites for hydroxylation is 2. The normalized spacial score (nSPS) is 11.3. The van der Waals surface area contributed by atoms with Crippen molar-refractivity contribution in [1.82, 2.24) is 14.8 Å². The number of aromatic nitrogens is 3. The van der Waals surface area contributed by atoms with Crippen molar-refractivity contribution in [3.05, 3.63) is 35.2 Å². The molecule has 102 valence electrons. The second-order valence-electron chi connectivity index (χ2n) is 5.34. The summed E-state index contributed by atoms with van der Waals surface area (Å²) in [5.74, 6) is 2.54. The molecule has 0 radical (unpaired) electrons. The van der Waals surface area contributed by atoms with Crippen LogP contribution in [-0.2, 0) is 11.9 Å². The first-order chi connectivity index (χ1) is 9.04. The second-order valence-corrected chi connectivity index (χ2v) is 5.91. The van der Waals surface area contributed by atoms with Crippen molar-refractivity contribution < 1.29 is 0 Å². The van der Waals surface area contributed by atoms with Crippen molar-refractivity contribution in [2.45, 2.75) is 39.6 Å². The van der Waals surface area contributed by atoms with Crippen LogP contribution in [0.25, 0.3) is 11.4 Å². The maximum atomic E-state index is 4.41. The summed E-state index contributed by atoms with van der Waals surface area (Å²) < 4.78 is 2.23. The van der Waals surface area contributed by atoms with Gasteiger partial charge in [0.25, 0.3) is 0 Å². The van der Waals surface area contributed by atoms with Gasteiger partial charge in [-0.2, -0.15) is 0 Å². The van der Waals surface area contributed by atoms with E-state index < -0.39 is 0 Å². The van der Waals surface area contributed by atoms with Crippen LogP contribution >= 0.6 is 15.9 Å². The van der Waals surface area contributed by atoms with E-state index in [2.05, 4.69) is 76.6 Å². The van der Waals surface area contributed by atoms with E-state index in [-0.39, 0.29) is 0 Å². The van der Waals surface area contributed by atoms with Crippen molar-refractivity contribution in [3.8, 4) is 11.4 Å². The zero-order valence-corrected chi connectivity index (χ0v) is 13.5. The summed E-state index contributed by atoms with van der Waals surface area (Å²) in [6.45, 7) is 9.63.